The van der Waals surface area contributed by atoms with Crippen molar-refractivity contribution in [3.8, 4) is 0 Å². The van der Waals surface area contributed by atoms with Gasteiger partial charge in [0.05, 0.1) is 6.10 Å². The first kappa shape index (κ1) is 20.6. The average Bonchev–Trinajstić information content (AvgIpc) is 3.01. The predicted octanol–water partition coefficient (Wildman–Crippen LogP) is 5.31. The van der Waals surface area contributed by atoms with Crippen LogP contribution in [0, 0.1) is 34.5 Å². The van der Waals surface area contributed by atoms with Gasteiger partial charge in [0.25, 0.3) is 0 Å². The Hall–Kier alpha value is -0.670. The van der Waals surface area contributed by atoms with E-state index in [4.69, 9.17) is 9.84 Å². The summed E-state index contributed by atoms with van der Waals surface area (Å²) >= 11 is 0. The summed E-state index contributed by atoms with van der Waals surface area (Å²) in [6.45, 7) is 6.17. The van der Waals surface area contributed by atoms with Crippen molar-refractivity contribution in [2.45, 2.75) is 90.6 Å². The first-order valence-corrected chi connectivity index (χ1v) is 11.9. The Balaban J connectivity index is 1.39. The minimum atomic E-state index is 0.240. The summed E-state index contributed by atoms with van der Waals surface area (Å²) in [5.74, 6) is 3.29. The third-order valence-electron chi connectivity index (χ3n) is 9.32. The summed E-state index contributed by atoms with van der Waals surface area (Å²) in [5, 5.41) is 8.90. The first-order chi connectivity index (χ1) is 13.5. The van der Waals surface area contributed by atoms with E-state index in [1.807, 2.05) is 6.08 Å². The van der Waals surface area contributed by atoms with E-state index in [-0.39, 0.29) is 5.41 Å². The number of unbranched alkanes of at least 4 members (excludes halogenated alkanes) is 3. The highest BCUT2D eigenvalue weighted by atomic mass is 16.5. The van der Waals surface area contributed by atoms with Crippen LogP contribution in [0.3, 0.4) is 0 Å². The normalized spacial score (nSPS) is 44.8. The summed E-state index contributed by atoms with van der Waals surface area (Å²) in [7, 11) is 0. The molecular weight excluding hydrogens is 348 g/mol. The zero-order chi connectivity index (χ0) is 19.8. The molecule has 3 fully saturated rings. The van der Waals surface area contributed by atoms with Crippen molar-refractivity contribution in [1.29, 1.82) is 0 Å². The van der Waals surface area contributed by atoms with Crippen molar-refractivity contribution in [3.63, 3.8) is 0 Å². The number of carbonyl (C=O) groups is 1. The monoisotopic (exact) mass is 388 g/mol. The molecule has 3 heteroatoms. The van der Waals surface area contributed by atoms with E-state index in [9.17, 15) is 4.79 Å². The Morgan fingerprint density at radius 2 is 1.86 bits per heavy atom. The second-order valence-electron chi connectivity index (χ2n) is 10.6. The lowest BCUT2D eigenvalue weighted by atomic mass is 9.46. The van der Waals surface area contributed by atoms with Gasteiger partial charge in [-0.1, -0.05) is 32.8 Å². The average molecular weight is 389 g/mol. The molecule has 0 bridgehead atoms. The Kier molecular flexibility index (Phi) is 6.05. The van der Waals surface area contributed by atoms with Gasteiger partial charge in [-0.3, -0.25) is 4.79 Å². The molecule has 0 saturated heterocycles. The van der Waals surface area contributed by atoms with Crippen LogP contribution in [0.5, 0.6) is 0 Å². The molecule has 7 unspecified atom stereocenters. The maximum Gasteiger partial charge on any atom is 0.155 e. The third kappa shape index (κ3) is 3.51. The van der Waals surface area contributed by atoms with Crippen molar-refractivity contribution in [3.05, 3.63) is 12.2 Å². The number of carbonyl (C=O) groups excluding carboxylic acids is 1. The molecule has 4 rings (SSSR count). The Bertz CT molecular complexity index is 599. The topological polar surface area (TPSA) is 46.5 Å². The number of aliphatic hydroxyl groups excluding tert-OH is 1. The molecule has 158 valence electrons. The highest BCUT2D eigenvalue weighted by Crippen LogP contribution is 2.65. The highest BCUT2D eigenvalue weighted by molar-refractivity contribution is 5.91. The van der Waals surface area contributed by atoms with Gasteiger partial charge in [-0.2, -0.15) is 0 Å². The van der Waals surface area contributed by atoms with E-state index in [1.165, 1.54) is 44.9 Å². The number of aliphatic hydroxyl groups is 1. The molecule has 0 amide bonds. The zero-order valence-corrected chi connectivity index (χ0v) is 18.0. The molecule has 4 aliphatic rings. The number of ether oxygens (including phenoxy) is 1. The lowest BCUT2D eigenvalue weighted by Crippen LogP contribution is -2.53. The van der Waals surface area contributed by atoms with Crippen LogP contribution < -0.4 is 0 Å². The van der Waals surface area contributed by atoms with E-state index >= 15 is 0 Å². The second-order valence-corrected chi connectivity index (χ2v) is 10.6. The molecule has 4 aliphatic carbocycles. The van der Waals surface area contributed by atoms with Crippen molar-refractivity contribution < 1.29 is 14.6 Å². The number of rotatable bonds is 7. The minimum absolute atomic E-state index is 0.240. The van der Waals surface area contributed by atoms with Crippen LogP contribution in [0.2, 0.25) is 0 Å². The van der Waals surface area contributed by atoms with Gasteiger partial charge in [0.1, 0.15) is 0 Å². The lowest BCUT2D eigenvalue weighted by Gasteiger charge is -2.58. The Morgan fingerprint density at radius 1 is 1.04 bits per heavy atom. The van der Waals surface area contributed by atoms with E-state index < -0.39 is 0 Å². The summed E-state index contributed by atoms with van der Waals surface area (Å²) in [6, 6.07) is 0. The van der Waals surface area contributed by atoms with Crippen LogP contribution in [0.1, 0.15) is 84.5 Å². The molecule has 0 heterocycles. The molecular formula is C25H40O3. The van der Waals surface area contributed by atoms with Crippen LogP contribution in [0.15, 0.2) is 12.2 Å². The largest absolute Gasteiger partial charge is 0.396 e. The molecule has 0 aliphatic heterocycles. The van der Waals surface area contributed by atoms with Crippen molar-refractivity contribution in [2.75, 3.05) is 13.2 Å². The van der Waals surface area contributed by atoms with Gasteiger partial charge < -0.3 is 9.84 Å². The fraction of sp³-hybridized carbons (Fsp3) is 0.880. The van der Waals surface area contributed by atoms with E-state index in [2.05, 4.69) is 19.9 Å². The molecule has 3 nitrogen and oxygen atoms in total. The molecule has 1 N–H and O–H groups in total. The second kappa shape index (κ2) is 8.22. The minimum Gasteiger partial charge on any atom is -0.396 e. The standard InChI is InChI=1S/C25H40O3/c1-24-13-11-19(27)17-18(24)7-8-20-21-9-10-23(25(21,2)14-12-22(20)24)28-16-6-4-3-5-15-26/h11,13,18,20-23,26H,3-10,12,14-17H2,1-2H3. The van der Waals surface area contributed by atoms with Gasteiger partial charge in [-0.05, 0) is 91.9 Å². The van der Waals surface area contributed by atoms with Gasteiger partial charge in [0, 0.05) is 19.6 Å². The van der Waals surface area contributed by atoms with Crippen LogP contribution in [-0.2, 0) is 9.53 Å². The van der Waals surface area contributed by atoms with Crippen molar-refractivity contribution >= 4 is 5.78 Å². The number of ketones is 1. The molecule has 0 aromatic carbocycles. The summed E-state index contributed by atoms with van der Waals surface area (Å²) < 4.78 is 6.46. The lowest BCUT2D eigenvalue weighted by molar-refractivity contribution is -0.126. The van der Waals surface area contributed by atoms with E-state index in [0.717, 1.165) is 50.0 Å². The maximum absolute atomic E-state index is 12.0. The van der Waals surface area contributed by atoms with E-state index in [0.29, 0.717) is 29.8 Å². The third-order valence-corrected chi connectivity index (χ3v) is 9.32. The molecule has 3 saturated carbocycles. The fourth-order valence-corrected chi connectivity index (χ4v) is 7.65. The van der Waals surface area contributed by atoms with Crippen molar-refractivity contribution in [1.82, 2.24) is 0 Å². The van der Waals surface area contributed by atoms with Crippen LogP contribution in [0.4, 0.5) is 0 Å². The van der Waals surface area contributed by atoms with Crippen LogP contribution >= 0.6 is 0 Å². The Morgan fingerprint density at radius 3 is 2.68 bits per heavy atom. The number of hydrogen-bond acceptors (Lipinski definition) is 3. The highest BCUT2D eigenvalue weighted by Gasteiger charge is 2.59. The number of allylic oxidation sites excluding steroid dienone is 2. The summed E-state index contributed by atoms with van der Waals surface area (Å²) in [6.07, 6.45) is 17.5. The molecule has 0 spiro atoms. The van der Waals surface area contributed by atoms with E-state index in [1.54, 1.807) is 0 Å². The molecule has 28 heavy (non-hydrogen) atoms. The fourth-order valence-electron chi connectivity index (χ4n) is 7.65. The van der Waals surface area contributed by atoms with Crippen LogP contribution in [-0.4, -0.2) is 30.2 Å². The summed E-state index contributed by atoms with van der Waals surface area (Å²) in [4.78, 5) is 12.0. The zero-order valence-electron chi connectivity index (χ0n) is 18.0. The van der Waals surface area contributed by atoms with Gasteiger partial charge in [-0.25, -0.2) is 0 Å². The van der Waals surface area contributed by atoms with Gasteiger partial charge in [0.2, 0.25) is 0 Å². The molecule has 0 aromatic rings. The summed E-state index contributed by atoms with van der Waals surface area (Å²) in [5.41, 5.74) is 0.591. The van der Waals surface area contributed by atoms with Crippen molar-refractivity contribution in [2.24, 2.45) is 34.5 Å². The molecule has 0 radical (unpaired) electrons. The Labute approximate surface area is 171 Å². The quantitative estimate of drug-likeness (QED) is 0.601. The molecule has 0 aromatic heterocycles. The first-order valence-electron chi connectivity index (χ1n) is 11.9. The smallest absolute Gasteiger partial charge is 0.155 e. The maximum atomic E-state index is 12.0. The predicted molar refractivity (Wildman–Crippen MR) is 112 cm³/mol. The number of hydrogen-bond donors (Lipinski definition) is 1. The SMILES string of the molecule is CC12C=CC(=O)CC1CCC1C2CCC2(C)C(OCCCCCCO)CCC12. The van der Waals surface area contributed by atoms with Gasteiger partial charge in [0.15, 0.2) is 5.78 Å². The number of fused-ring (bicyclic) bond motifs is 5. The van der Waals surface area contributed by atoms with Gasteiger partial charge >= 0.3 is 0 Å². The molecule has 7 atom stereocenters. The van der Waals surface area contributed by atoms with Crippen LogP contribution in [0.25, 0.3) is 0 Å². The van der Waals surface area contributed by atoms with Gasteiger partial charge in [-0.15, -0.1) is 0 Å².